The van der Waals surface area contributed by atoms with Gasteiger partial charge in [0.05, 0.1) is 17.6 Å². The van der Waals surface area contributed by atoms with Crippen molar-refractivity contribution >= 4 is 23.0 Å². The third kappa shape index (κ3) is 3.03. The lowest BCUT2D eigenvalue weighted by Crippen LogP contribution is -2.06. The van der Waals surface area contributed by atoms with E-state index in [1.807, 2.05) is 0 Å². The molecule has 0 unspecified atom stereocenters. The first-order valence-corrected chi connectivity index (χ1v) is 6.33. The predicted molar refractivity (Wildman–Crippen MR) is 78.9 cm³/mol. The third-order valence-corrected chi connectivity index (χ3v) is 3.16. The van der Waals surface area contributed by atoms with Gasteiger partial charge in [0.25, 0.3) is 5.69 Å². The van der Waals surface area contributed by atoms with Gasteiger partial charge in [0.15, 0.2) is 0 Å². The predicted octanol–water partition coefficient (Wildman–Crippen LogP) is 3.57. The van der Waals surface area contributed by atoms with E-state index in [0.29, 0.717) is 16.8 Å². The van der Waals surface area contributed by atoms with Crippen LogP contribution < -0.4 is 5.32 Å². The maximum Gasteiger partial charge on any atom is 0.338 e. The Morgan fingerprint density at radius 3 is 2.64 bits per heavy atom. The molecule has 0 bridgehead atoms. The standard InChI is InChI=1S/C15H13FN2O4/c1-9-11(15(19)22-2)4-3-5-12(9)17-13-8-10(16)6-7-14(13)18(20)21/h3-8,17H,1-2H3. The molecule has 0 atom stereocenters. The van der Waals surface area contributed by atoms with Gasteiger partial charge in [0.2, 0.25) is 0 Å². The monoisotopic (exact) mass is 304 g/mol. The van der Waals surface area contributed by atoms with Crippen LogP contribution in [0.1, 0.15) is 15.9 Å². The molecule has 114 valence electrons. The Labute approximate surface area is 125 Å². The Bertz CT molecular complexity index is 746. The minimum Gasteiger partial charge on any atom is -0.465 e. The van der Waals surface area contributed by atoms with Crippen LogP contribution in [-0.4, -0.2) is 18.0 Å². The topological polar surface area (TPSA) is 81.5 Å². The van der Waals surface area contributed by atoms with Crippen molar-refractivity contribution in [1.82, 2.24) is 0 Å². The van der Waals surface area contributed by atoms with Crippen LogP contribution >= 0.6 is 0 Å². The number of ether oxygens (including phenoxy) is 1. The second-order valence-corrected chi connectivity index (χ2v) is 4.51. The number of hydrogen-bond donors (Lipinski definition) is 1. The van der Waals surface area contributed by atoms with Crippen molar-refractivity contribution in [3.63, 3.8) is 0 Å². The number of carbonyl (C=O) groups is 1. The number of benzene rings is 2. The van der Waals surface area contributed by atoms with Gasteiger partial charge in [-0.25, -0.2) is 9.18 Å². The lowest BCUT2D eigenvalue weighted by Gasteiger charge is -2.12. The SMILES string of the molecule is COC(=O)c1cccc(Nc2cc(F)ccc2[N+](=O)[O-])c1C. The fourth-order valence-electron chi connectivity index (χ4n) is 2.01. The van der Waals surface area contributed by atoms with Crippen molar-refractivity contribution in [2.75, 3.05) is 12.4 Å². The summed E-state index contributed by atoms with van der Waals surface area (Å²) < 4.78 is 18.0. The molecule has 0 amide bonds. The van der Waals surface area contributed by atoms with Crippen LogP contribution in [0, 0.1) is 22.9 Å². The zero-order chi connectivity index (χ0) is 16.3. The Hall–Kier alpha value is -2.96. The van der Waals surface area contributed by atoms with Gasteiger partial charge in [-0.3, -0.25) is 10.1 Å². The van der Waals surface area contributed by atoms with E-state index in [4.69, 9.17) is 0 Å². The maximum absolute atomic E-state index is 13.3. The van der Waals surface area contributed by atoms with E-state index in [0.717, 1.165) is 18.2 Å². The zero-order valence-electron chi connectivity index (χ0n) is 11.9. The maximum atomic E-state index is 13.3. The molecule has 0 radical (unpaired) electrons. The molecule has 0 heterocycles. The van der Waals surface area contributed by atoms with Crippen LogP contribution in [0.3, 0.4) is 0 Å². The van der Waals surface area contributed by atoms with Gasteiger partial charge in [-0.05, 0) is 30.7 Å². The zero-order valence-corrected chi connectivity index (χ0v) is 11.9. The number of halogens is 1. The number of methoxy groups -OCH3 is 1. The lowest BCUT2D eigenvalue weighted by molar-refractivity contribution is -0.384. The molecule has 0 saturated heterocycles. The van der Waals surface area contributed by atoms with Gasteiger partial charge in [-0.15, -0.1) is 0 Å². The van der Waals surface area contributed by atoms with Crippen LogP contribution in [0.2, 0.25) is 0 Å². The van der Waals surface area contributed by atoms with E-state index >= 15 is 0 Å². The summed E-state index contributed by atoms with van der Waals surface area (Å²) in [5.74, 6) is -1.12. The number of nitro groups is 1. The molecule has 2 aromatic carbocycles. The second-order valence-electron chi connectivity index (χ2n) is 4.51. The van der Waals surface area contributed by atoms with Crippen molar-refractivity contribution in [3.8, 4) is 0 Å². The largest absolute Gasteiger partial charge is 0.465 e. The van der Waals surface area contributed by atoms with E-state index in [1.165, 1.54) is 7.11 Å². The molecule has 0 aromatic heterocycles. The molecule has 0 aliphatic carbocycles. The summed E-state index contributed by atoms with van der Waals surface area (Å²) in [4.78, 5) is 22.0. The highest BCUT2D eigenvalue weighted by Gasteiger charge is 2.17. The Balaban J connectivity index is 2.46. The lowest BCUT2D eigenvalue weighted by atomic mass is 10.1. The first kappa shape index (κ1) is 15.4. The van der Waals surface area contributed by atoms with Crippen LogP contribution in [-0.2, 0) is 4.74 Å². The van der Waals surface area contributed by atoms with E-state index in [1.54, 1.807) is 25.1 Å². The second kappa shape index (κ2) is 6.21. The molecule has 0 spiro atoms. The molecule has 22 heavy (non-hydrogen) atoms. The number of anilines is 2. The van der Waals surface area contributed by atoms with Crippen molar-refractivity contribution in [2.24, 2.45) is 0 Å². The van der Waals surface area contributed by atoms with Crippen molar-refractivity contribution in [1.29, 1.82) is 0 Å². The van der Waals surface area contributed by atoms with Crippen molar-refractivity contribution < 1.29 is 18.8 Å². The summed E-state index contributed by atoms with van der Waals surface area (Å²) in [6.45, 7) is 1.67. The number of rotatable bonds is 4. The van der Waals surface area contributed by atoms with Gasteiger partial charge in [-0.1, -0.05) is 6.07 Å². The average molecular weight is 304 g/mol. The number of esters is 1. The van der Waals surface area contributed by atoms with Crippen LogP contribution in [0.15, 0.2) is 36.4 Å². The first-order valence-electron chi connectivity index (χ1n) is 6.33. The number of nitrogens with zero attached hydrogens (tertiary/aromatic N) is 1. The molecule has 0 aliphatic rings. The summed E-state index contributed by atoms with van der Waals surface area (Å²) in [6, 6.07) is 7.94. The molecule has 0 aliphatic heterocycles. The van der Waals surface area contributed by atoms with Crippen molar-refractivity contribution in [2.45, 2.75) is 6.92 Å². The molecule has 0 saturated carbocycles. The number of carbonyl (C=O) groups excluding carboxylic acids is 1. The van der Waals surface area contributed by atoms with Gasteiger partial charge >= 0.3 is 5.97 Å². The average Bonchev–Trinajstić information content (AvgIpc) is 2.48. The normalized spacial score (nSPS) is 10.1. The Morgan fingerprint density at radius 1 is 1.27 bits per heavy atom. The summed E-state index contributed by atoms with van der Waals surface area (Å²) in [7, 11) is 1.26. The van der Waals surface area contributed by atoms with E-state index < -0.39 is 16.7 Å². The number of nitrogens with one attached hydrogen (secondary N) is 1. The Kier molecular flexibility index (Phi) is 4.36. The molecule has 2 rings (SSSR count). The summed E-state index contributed by atoms with van der Waals surface area (Å²) >= 11 is 0. The van der Waals surface area contributed by atoms with Crippen LogP contribution in [0.5, 0.6) is 0 Å². The molecular formula is C15H13FN2O4. The van der Waals surface area contributed by atoms with E-state index in [-0.39, 0.29) is 11.4 Å². The summed E-state index contributed by atoms with van der Waals surface area (Å²) in [5.41, 5.74) is 1.08. The minimum absolute atomic E-state index is 0.00937. The van der Waals surface area contributed by atoms with E-state index in [9.17, 15) is 19.3 Å². The van der Waals surface area contributed by atoms with Crippen LogP contribution in [0.4, 0.5) is 21.5 Å². The third-order valence-electron chi connectivity index (χ3n) is 3.16. The molecule has 1 N–H and O–H groups in total. The highest BCUT2D eigenvalue weighted by Crippen LogP contribution is 2.30. The smallest absolute Gasteiger partial charge is 0.338 e. The van der Waals surface area contributed by atoms with Gasteiger partial charge in [0.1, 0.15) is 11.5 Å². The molecule has 6 nitrogen and oxygen atoms in total. The molecule has 2 aromatic rings. The fraction of sp³-hybridized carbons (Fsp3) is 0.133. The van der Waals surface area contributed by atoms with E-state index in [2.05, 4.69) is 10.1 Å². The fourth-order valence-corrected chi connectivity index (χ4v) is 2.01. The first-order chi connectivity index (χ1) is 10.4. The summed E-state index contributed by atoms with van der Waals surface area (Å²) in [5, 5.41) is 13.8. The Morgan fingerprint density at radius 2 is 2.00 bits per heavy atom. The van der Waals surface area contributed by atoms with Gasteiger partial charge < -0.3 is 10.1 Å². The highest BCUT2D eigenvalue weighted by atomic mass is 19.1. The van der Waals surface area contributed by atoms with Gasteiger partial charge in [0, 0.05) is 17.8 Å². The molecular weight excluding hydrogens is 291 g/mol. The number of nitro benzene ring substituents is 1. The highest BCUT2D eigenvalue weighted by molar-refractivity contribution is 5.93. The summed E-state index contributed by atoms with van der Waals surface area (Å²) in [6.07, 6.45) is 0. The molecule has 0 fully saturated rings. The molecule has 7 heteroatoms. The quantitative estimate of drug-likeness (QED) is 0.530. The van der Waals surface area contributed by atoms with Crippen molar-refractivity contribution in [3.05, 3.63) is 63.5 Å². The van der Waals surface area contributed by atoms with Gasteiger partial charge in [-0.2, -0.15) is 0 Å². The number of hydrogen-bond acceptors (Lipinski definition) is 5. The van der Waals surface area contributed by atoms with Crippen LogP contribution in [0.25, 0.3) is 0 Å². The minimum atomic E-state index is -0.610.